The van der Waals surface area contributed by atoms with Crippen LogP contribution < -0.4 is 10.6 Å². The van der Waals surface area contributed by atoms with Crippen molar-refractivity contribution in [2.24, 2.45) is 4.99 Å². The van der Waals surface area contributed by atoms with E-state index in [-0.39, 0.29) is 6.54 Å². The van der Waals surface area contributed by atoms with Crippen molar-refractivity contribution in [1.82, 2.24) is 15.6 Å². The van der Waals surface area contributed by atoms with E-state index < -0.39 is 17.5 Å². The Morgan fingerprint density at radius 1 is 1.50 bits per heavy atom. The van der Waals surface area contributed by atoms with Crippen LogP contribution in [0.1, 0.15) is 17.1 Å². The monoisotopic (exact) mass is 354 g/mol. The van der Waals surface area contributed by atoms with Crippen molar-refractivity contribution in [2.75, 3.05) is 25.1 Å². The number of aliphatic imine (C=N–C) groups is 1. The summed E-state index contributed by atoms with van der Waals surface area (Å²) in [5, 5.41) is 17.4. The van der Waals surface area contributed by atoms with Crippen molar-refractivity contribution < 1.29 is 18.3 Å². The molecule has 1 saturated heterocycles. The smallest absolute Gasteiger partial charge is 0.387 e. The first-order valence-electron chi connectivity index (χ1n) is 6.59. The Bertz CT molecular complexity index is 527. The summed E-state index contributed by atoms with van der Waals surface area (Å²) in [7, 11) is 1.56. The van der Waals surface area contributed by atoms with Gasteiger partial charge < -0.3 is 15.7 Å². The molecule has 1 unspecified atom stereocenters. The van der Waals surface area contributed by atoms with Crippen LogP contribution in [0.25, 0.3) is 0 Å². The molecule has 0 amide bonds. The number of aliphatic hydroxyl groups is 1. The molecule has 1 aliphatic heterocycles. The molecule has 1 aromatic heterocycles. The number of hydrogen-bond acceptors (Lipinski definition) is 5. The molecule has 5 nitrogen and oxygen atoms in total. The fraction of sp³-hybridized carbons (Fsp3) is 0.667. The predicted molar refractivity (Wildman–Crippen MR) is 82.2 cm³/mol. The molecule has 0 aliphatic carbocycles. The molecule has 3 N–H and O–H groups in total. The second kappa shape index (κ2) is 7.05. The lowest BCUT2D eigenvalue weighted by molar-refractivity contribution is -0.140. The van der Waals surface area contributed by atoms with Crippen LogP contribution in [0, 0.1) is 0 Å². The van der Waals surface area contributed by atoms with E-state index in [9.17, 15) is 18.3 Å². The minimum absolute atomic E-state index is 0.146. The van der Waals surface area contributed by atoms with Crippen molar-refractivity contribution in [3.63, 3.8) is 0 Å². The van der Waals surface area contributed by atoms with Gasteiger partial charge in [0.2, 0.25) is 0 Å². The van der Waals surface area contributed by atoms with Crippen LogP contribution in [-0.4, -0.2) is 46.7 Å². The molecule has 0 aromatic carbocycles. The van der Waals surface area contributed by atoms with Crippen molar-refractivity contribution in [2.45, 2.75) is 24.7 Å². The zero-order valence-corrected chi connectivity index (χ0v) is 13.5. The summed E-state index contributed by atoms with van der Waals surface area (Å²) >= 11 is 2.63. The van der Waals surface area contributed by atoms with Crippen molar-refractivity contribution in [3.8, 4) is 0 Å². The minimum atomic E-state index is -4.42. The molecule has 1 atom stereocenters. The van der Waals surface area contributed by atoms with Gasteiger partial charge in [0.1, 0.15) is 5.01 Å². The predicted octanol–water partition coefficient (Wildman–Crippen LogP) is 1.69. The zero-order valence-electron chi connectivity index (χ0n) is 11.9. The molecule has 124 valence electrons. The van der Waals surface area contributed by atoms with Crippen LogP contribution in [0.3, 0.4) is 0 Å². The van der Waals surface area contributed by atoms with E-state index in [1.807, 2.05) is 0 Å². The van der Waals surface area contributed by atoms with Gasteiger partial charge in [0.15, 0.2) is 11.7 Å². The molecule has 0 saturated carbocycles. The number of guanidine groups is 1. The highest BCUT2D eigenvalue weighted by Gasteiger charge is 2.34. The lowest BCUT2D eigenvalue weighted by Crippen LogP contribution is -2.47. The molecule has 2 rings (SSSR count). The number of alkyl halides is 3. The number of aromatic nitrogens is 1. The van der Waals surface area contributed by atoms with Gasteiger partial charge in [0, 0.05) is 24.7 Å². The van der Waals surface area contributed by atoms with E-state index in [2.05, 4.69) is 20.6 Å². The molecule has 1 aliphatic rings. The first-order valence-corrected chi connectivity index (χ1v) is 8.62. The number of hydrogen-bond donors (Lipinski definition) is 3. The largest absolute Gasteiger partial charge is 0.434 e. The number of thiazole rings is 1. The highest BCUT2D eigenvalue weighted by Crippen LogP contribution is 2.30. The van der Waals surface area contributed by atoms with Crippen LogP contribution in [-0.2, 0) is 12.7 Å². The fourth-order valence-electron chi connectivity index (χ4n) is 1.89. The Labute approximate surface area is 134 Å². The Kier molecular flexibility index (Phi) is 5.56. The van der Waals surface area contributed by atoms with Gasteiger partial charge in [-0.1, -0.05) is 0 Å². The molecule has 10 heteroatoms. The lowest BCUT2D eigenvalue weighted by Gasteiger charge is -2.23. The minimum Gasteiger partial charge on any atom is -0.387 e. The third-order valence-electron chi connectivity index (χ3n) is 3.14. The quantitative estimate of drug-likeness (QED) is 0.567. The Hall–Kier alpha value is -1.00. The van der Waals surface area contributed by atoms with E-state index in [1.165, 1.54) is 0 Å². The summed E-state index contributed by atoms with van der Waals surface area (Å²) < 4.78 is 37.4. The summed E-state index contributed by atoms with van der Waals surface area (Å²) in [5.74, 6) is 2.01. The maximum atomic E-state index is 12.5. The van der Waals surface area contributed by atoms with E-state index in [0.717, 1.165) is 22.5 Å². The average Bonchev–Trinajstić information content (AvgIpc) is 3.08. The molecule has 1 fully saturated rings. The summed E-state index contributed by atoms with van der Waals surface area (Å²) in [6.07, 6.45) is -3.71. The first kappa shape index (κ1) is 17.4. The molecule has 22 heavy (non-hydrogen) atoms. The zero-order chi connectivity index (χ0) is 16.2. The molecular formula is C12H17F3N4OS2. The number of nitrogens with zero attached hydrogens (tertiary/aromatic N) is 2. The number of nitrogens with one attached hydrogen (secondary N) is 2. The van der Waals surface area contributed by atoms with E-state index in [4.69, 9.17) is 0 Å². The Morgan fingerprint density at radius 2 is 2.27 bits per heavy atom. The maximum absolute atomic E-state index is 12.5. The van der Waals surface area contributed by atoms with Gasteiger partial charge in [-0.3, -0.25) is 4.99 Å². The standard InChI is InChI=1S/C12H17F3N4OS2/c1-16-10(18-6-11(20)2-3-21-7-11)17-4-9-19-8(5-22-9)12(13,14)15/h5,20H,2-4,6-7H2,1H3,(H2,16,17,18). The van der Waals surface area contributed by atoms with E-state index in [0.29, 0.717) is 29.7 Å². The SMILES string of the molecule is CN=C(NCc1nc(C(F)(F)F)cs1)NCC1(O)CCSC1. The van der Waals surface area contributed by atoms with Gasteiger partial charge >= 0.3 is 6.18 Å². The molecule has 0 radical (unpaired) electrons. The van der Waals surface area contributed by atoms with Crippen molar-refractivity contribution in [1.29, 1.82) is 0 Å². The van der Waals surface area contributed by atoms with Gasteiger partial charge in [0.25, 0.3) is 0 Å². The first-order chi connectivity index (χ1) is 10.3. The number of rotatable bonds is 4. The van der Waals surface area contributed by atoms with Crippen LogP contribution >= 0.6 is 23.1 Å². The highest BCUT2D eigenvalue weighted by atomic mass is 32.2. The third kappa shape index (κ3) is 4.75. The van der Waals surface area contributed by atoms with Gasteiger partial charge in [-0.25, -0.2) is 4.98 Å². The summed E-state index contributed by atoms with van der Waals surface area (Å²) in [4.78, 5) is 7.52. The molecular weight excluding hydrogens is 337 g/mol. The summed E-state index contributed by atoms with van der Waals surface area (Å²) in [6.45, 7) is 0.499. The Balaban J connectivity index is 1.82. The van der Waals surface area contributed by atoms with Crippen molar-refractivity contribution >= 4 is 29.1 Å². The molecule has 2 heterocycles. The molecule has 0 bridgehead atoms. The number of thioether (sulfide) groups is 1. The third-order valence-corrected chi connectivity index (χ3v) is 5.22. The van der Waals surface area contributed by atoms with Crippen LogP contribution in [0.2, 0.25) is 0 Å². The van der Waals surface area contributed by atoms with Crippen LogP contribution in [0.15, 0.2) is 10.4 Å². The van der Waals surface area contributed by atoms with Gasteiger partial charge in [-0.2, -0.15) is 24.9 Å². The van der Waals surface area contributed by atoms with Crippen LogP contribution in [0.4, 0.5) is 13.2 Å². The normalized spacial score (nSPS) is 22.9. The van der Waals surface area contributed by atoms with E-state index >= 15 is 0 Å². The van der Waals surface area contributed by atoms with Gasteiger partial charge in [0.05, 0.1) is 12.1 Å². The lowest BCUT2D eigenvalue weighted by atomic mass is 10.0. The fourth-order valence-corrected chi connectivity index (χ4v) is 3.92. The highest BCUT2D eigenvalue weighted by molar-refractivity contribution is 7.99. The second-order valence-corrected chi connectivity index (χ2v) is 6.98. The molecule has 1 aromatic rings. The summed E-state index contributed by atoms with van der Waals surface area (Å²) in [5.41, 5.74) is -1.64. The van der Waals surface area contributed by atoms with Gasteiger partial charge in [-0.15, -0.1) is 11.3 Å². The average molecular weight is 354 g/mol. The molecule has 0 spiro atoms. The topological polar surface area (TPSA) is 69.5 Å². The van der Waals surface area contributed by atoms with Gasteiger partial charge in [-0.05, 0) is 12.2 Å². The number of halogens is 3. The maximum Gasteiger partial charge on any atom is 0.434 e. The van der Waals surface area contributed by atoms with Crippen LogP contribution in [0.5, 0.6) is 0 Å². The van der Waals surface area contributed by atoms with E-state index in [1.54, 1.807) is 18.8 Å². The Morgan fingerprint density at radius 3 is 2.82 bits per heavy atom. The summed E-state index contributed by atoms with van der Waals surface area (Å²) in [6, 6.07) is 0. The second-order valence-electron chi connectivity index (χ2n) is 4.93. The van der Waals surface area contributed by atoms with Crippen molar-refractivity contribution in [3.05, 3.63) is 16.1 Å².